The van der Waals surface area contributed by atoms with Gasteiger partial charge >= 0.3 is 5.97 Å². The molecule has 0 saturated carbocycles. The van der Waals surface area contributed by atoms with Crippen molar-refractivity contribution < 1.29 is 14.7 Å². The summed E-state index contributed by atoms with van der Waals surface area (Å²) in [5, 5.41) is 12.2. The summed E-state index contributed by atoms with van der Waals surface area (Å²) in [5.41, 5.74) is 13.5. The van der Waals surface area contributed by atoms with E-state index in [1.807, 2.05) is 36.4 Å². The van der Waals surface area contributed by atoms with Crippen LogP contribution in [0.1, 0.15) is 47.1 Å². The third kappa shape index (κ3) is 5.06. The molecule has 32 heavy (non-hydrogen) atoms. The molecule has 0 heterocycles. The smallest absolute Gasteiger partial charge is 0.307 e. The molecule has 1 amide bonds. The largest absolute Gasteiger partial charge is 0.481 e. The highest BCUT2D eigenvalue weighted by molar-refractivity contribution is 5.94. The lowest BCUT2D eigenvalue weighted by Crippen LogP contribution is -2.12. The molecule has 3 aromatic rings. The summed E-state index contributed by atoms with van der Waals surface area (Å²) in [6.07, 6.45) is 4.69. The lowest BCUT2D eigenvalue weighted by molar-refractivity contribution is -0.135. The summed E-state index contributed by atoms with van der Waals surface area (Å²) >= 11 is 0. The molecule has 4 rings (SSSR count). The van der Waals surface area contributed by atoms with Crippen LogP contribution in [-0.2, 0) is 22.4 Å². The quantitative estimate of drug-likeness (QED) is 0.456. The zero-order valence-corrected chi connectivity index (χ0v) is 17.8. The first-order valence-electron chi connectivity index (χ1n) is 10.8. The van der Waals surface area contributed by atoms with Gasteiger partial charge in [0.05, 0.1) is 17.8 Å². The predicted molar refractivity (Wildman–Crippen MR) is 128 cm³/mol. The number of nitrogens with one attached hydrogen (secondary N) is 1. The molecule has 1 aliphatic carbocycles. The average Bonchev–Trinajstić information content (AvgIpc) is 2.91. The molecule has 0 radical (unpaired) electrons. The van der Waals surface area contributed by atoms with Crippen LogP contribution in [0.15, 0.2) is 66.7 Å². The summed E-state index contributed by atoms with van der Waals surface area (Å²) in [6.45, 7) is 0. The highest BCUT2D eigenvalue weighted by Gasteiger charge is 2.17. The monoisotopic (exact) mass is 426 g/mol. The molecule has 3 aromatic carbocycles. The van der Waals surface area contributed by atoms with Gasteiger partial charge in [-0.1, -0.05) is 60.7 Å². The number of rotatable bonds is 7. The summed E-state index contributed by atoms with van der Waals surface area (Å²) < 4.78 is 0. The normalized spacial score (nSPS) is 12.2. The van der Waals surface area contributed by atoms with Gasteiger partial charge in [-0.05, 0) is 64.8 Å². The number of para-hydroxylation sites is 2. The Hall–Kier alpha value is -3.86. The number of amides is 1. The molecular formula is C27H26N2O3. The Morgan fingerprint density at radius 3 is 2.56 bits per heavy atom. The molecule has 5 heteroatoms. The van der Waals surface area contributed by atoms with Crippen LogP contribution in [0.25, 0.3) is 11.6 Å². The molecule has 0 fully saturated rings. The molecule has 0 aromatic heterocycles. The van der Waals surface area contributed by atoms with Gasteiger partial charge in [0.2, 0.25) is 5.91 Å². The lowest BCUT2D eigenvalue weighted by atomic mass is 9.95. The number of carboxylic acid groups (broad SMARTS) is 1. The summed E-state index contributed by atoms with van der Waals surface area (Å²) in [5.74, 6) is -0.880. The summed E-state index contributed by atoms with van der Waals surface area (Å²) in [4.78, 5) is 23.7. The van der Waals surface area contributed by atoms with Crippen LogP contribution in [0.2, 0.25) is 0 Å². The Balaban J connectivity index is 1.45. The average molecular weight is 427 g/mol. The van der Waals surface area contributed by atoms with Crippen molar-refractivity contribution in [3.05, 3.63) is 94.5 Å². The summed E-state index contributed by atoms with van der Waals surface area (Å²) in [7, 11) is 0. The Morgan fingerprint density at radius 2 is 1.75 bits per heavy atom. The number of hydrogen-bond donors (Lipinski definition) is 3. The van der Waals surface area contributed by atoms with E-state index in [-0.39, 0.29) is 12.3 Å². The molecule has 4 N–H and O–H groups in total. The number of carbonyl (C=O) groups excluding carboxylic acids is 1. The minimum atomic E-state index is -0.832. The van der Waals surface area contributed by atoms with E-state index in [0.717, 1.165) is 41.5 Å². The topological polar surface area (TPSA) is 92.4 Å². The molecule has 0 saturated heterocycles. The van der Waals surface area contributed by atoms with E-state index in [4.69, 9.17) is 5.73 Å². The second-order valence-electron chi connectivity index (χ2n) is 8.10. The Bertz CT molecular complexity index is 1200. The van der Waals surface area contributed by atoms with Crippen molar-refractivity contribution in [3.8, 4) is 0 Å². The molecule has 1 aliphatic rings. The van der Waals surface area contributed by atoms with Crippen molar-refractivity contribution in [2.75, 3.05) is 11.1 Å². The number of carbonyl (C=O) groups is 2. The fourth-order valence-corrected chi connectivity index (χ4v) is 4.15. The number of fused-ring (bicyclic) bond motifs is 2. The minimum absolute atomic E-state index is 0.000749. The van der Waals surface area contributed by atoms with Crippen LogP contribution in [0.3, 0.4) is 0 Å². The van der Waals surface area contributed by atoms with Gasteiger partial charge in [-0.25, -0.2) is 0 Å². The number of aliphatic carboxylic acids is 1. The molecular weight excluding hydrogens is 400 g/mol. The number of anilines is 2. The Kier molecular flexibility index (Phi) is 6.36. The number of carboxylic acids is 1. The lowest BCUT2D eigenvalue weighted by Gasteiger charge is -2.10. The maximum atomic E-state index is 12.3. The van der Waals surface area contributed by atoms with E-state index in [9.17, 15) is 14.7 Å². The third-order valence-electron chi connectivity index (χ3n) is 5.73. The van der Waals surface area contributed by atoms with Gasteiger partial charge in [0, 0.05) is 6.42 Å². The van der Waals surface area contributed by atoms with Gasteiger partial charge in [0.15, 0.2) is 0 Å². The number of nitrogens with two attached hydrogens (primary N) is 1. The SMILES string of the molecule is Nc1ccccc1NC(=O)CCCc1ccc2c(c1)Cc1ccccc1C(CC(=O)O)=C2. The first-order valence-corrected chi connectivity index (χ1v) is 10.8. The molecule has 0 unspecified atom stereocenters. The summed E-state index contributed by atoms with van der Waals surface area (Å²) in [6, 6.07) is 21.5. The van der Waals surface area contributed by atoms with Gasteiger partial charge in [-0.3, -0.25) is 9.59 Å². The zero-order chi connectivity index (χ0) is 22.5. The van der Waals surface area contributed by atoms with Crippen LogP contribution in [0.5, 0.6) is 0 Å². The van der Waals surface area contributed by atoms with E-state index in [1.165, 1.54) is 11.1 Å². The molecule has 5 nitrogen and oxygen atoms in total. The standard InChI is InChI=1S/C27H26N2O3/c28-24-9-3-4-10-25(24)29-26(30)11-5-6-18-12-13-19-15-22(17-27(31)32)23-8-2-1-7-20(23)16-21(19)14-18/h1-4,7-10,12-15H,5-6,11,16-17,28H2,(H,29,30)(H,31,32). The van der Waals surface area contributed by atoms with Crippen molar-refractivity contribution in [2.45, 2.75) is 32.1 Å². The first kappa shape index (κ1) is 21.4. The van der Waals surface area contributed by atoms with Gasteiger partial charge in [-0.2, -0.15) is 0 Å². The van der Waals surface area contributed by atoms with Crippen molar-refractivity contribution in [2.24, 2.45) is 0 Å². The first-order chi connectivity index (χ1) is 15.5. The molecule has 0 spiro atoms. The second kappa shape index (κ2) is 9.52. The van der Waals surface area contributed by atoms with E-state index < -0.39 is 5.97 Å². The predicted octanol–water partition coefficient (Wildman–Crippen LogP) is 5.15. The fourth-order valence-electron chi connectivity index (χ4n) is 4.15. The zero-order valence-electron chi connectivity index (χ0n) is 17.8. The Morgan fingerprint density at radius 1 is 0.969 bits per heavy atom. The van der Waals surface area contributed by atoms with Gasteiger partial charge in [0.1, 0.15) is 0 Å². The van der Waals surface area contributed by atoms with Crippen LogP contribution in [0, 0.1) is 0 Å². The number of benzene rings is 3. The van der Waals surface area contributed by atoms with Crippen molar-refractivity contribution >= 4 is 34.9 Å². The second-order valence-corrected chi connectivity index (χ2v) is 8.10. The van der Waals surface area contributed by atoms with Crippen LogP contribution < -0.4 is 11.1 Å². The van der Waals surface area contributed by atoms with E-state index in [1.54, 1.807) is 12.1 Å². The number of hydrogen-bond acceptors (Lipinski definition) is 3. The van der Waals surface area contributed by atoms with E-state index >= 15 is 0 Å². The van der Waals surface area contributed by atoms with Crippen molar-refractivity contribution in [1.29, 1.82) is 0 Å². The van der Waals surface area contributed by atoms with Crippen LogP contribution in [0.4, 0.5) is 11.4 Å². The maximum Gasteiger partial charge on any atom is 0.307 e. The van der Waals surface area contributed by atoms with Crippen molar-refractivity contribution in [1.82, 2.24) is 0 Å². The highest BCUT2D eigenvalue weighted by atomic mass is 16.4. The van der Waals surface area contributed by atoms with Gasteiger partial charge in [0.25, 0.3) is 0 Å². The number of aryl methyl sites for hydroxylation is 1. The highest BCUT2D eigenvalue weighted by Crippen LogP contribution is 2.32. The third-order valence-corrected chi connectivity index (χ3v) is 5.73. The van der Waals surface area contributed by atoms with Gasteiger partial charge < -0.3 is 16.2 Å². The minimum Gasteiger partial charge on any atom is -0.481 e. The fraction of sp³-hybridized carbons (Fsp3) is 0.185. The van der Waals surface area contributed by atoms with Crippen LogP contribution >= 0.6 is 0 Å². The van der Waals surface area contributed by atoms with Gasteiger partial charge in [-0.15, -0.1) is 0 Å². The maximum absolute atomic E-state index is 12.3. The van der Waals surface area contributed by atoms with E-state index in [0.29, 0.717) is 17.8 Å². The van der Waals surface area contributed by atoms with Crippen LogP contribution in [-0.4, -0.2) is 17.0 Å². The van der Waals surface area contributed by atoms with E-state index in [2.05, 4.69) is 29.6 Å². The molecule has 0 bridgehead atoms. The van der Waals surface area contributed by atoms with Crippen molar-refractivity contribution in [3.63, 3.8) is 0 Å². The number of nitrogen functional groups attached to an aromatic ring is 1. The molecule has 0 atom stereocenters. The molecule has 0 aliphatic heterocycles. The Labute approximate surface area is 187 Å². The molecule has 162 valence electrons.